The molecule has 0 aliphatic carbocycles. The minimum atomic E-state index is 0.0420. The van der Waals surface area contributed by atoms with Crippen LogP contribution in [0, 0.1) is 0 Å². The van der Waals surface area contributed by atoms with Crippen LogP contribution >= 0.6 is 15.9 Å². The zero-order valence-corrected chi connectivity index (χ0v) is 14.5. The molecule has 1 aromatic rings. The van der Waals surface area contributed by atoms with Crippen LogP contribution in [-0.4, -0.2) is 29.9 Å². The Labute approximate surface area is 136 Å². The van der Waals surface area contributed by atoms with Crippen LogP contribution in [0.3, 0.4) is 0 Å². The van der Waals surface area contributed by atoms with Crippen molar-refractivity contribution in [2.45, 2.75) is 51.6 Å². The van der Waals surface area contributed by atoms with Crippen LogP contribution in [0.5, 0.6) is 0 Å². The van der Waals surface area contributed by atoms with E-state index < -0.39 is 0 Å². The molecule has 2 rings (SSSR count). The van der Waals surface area contributed by atoms with Crippen molar-refractivity contribution < 1.29 is 4.79 Å². The van der Waals surface area contributed by atoms with Crippen LogP contribution in [0.4, 0.5) is 0 Å². The number of nitrogens with zero attached hydrogens (tertiary/aromatic N) is 1. The van der Waals surface area contributed by atoms with E-state index in [4.69, 9.17) is 0 Å². The average molecular weight is 353 g/mol. The SMILES string of the molecule is CCCN1CCCCC1C(=O)NC(C)c1cccc(Br)c1. The van der Waals surface area contributed by atoms with Crippen molar-refractivity contribution in [3.8, 4) is 0 Å². The summed E-state index contributed by atoms with van der Waals surface area (Å²) < 4.78 is 1.05. The van der Waals surface area contributed by atoms with Gasteiger partial charge in [0.25, 0.3) is 0 Å². The van der Waals surface area contributed by atoms with Gasteiger partial charge in [0.1, 0.15) is 0 Å². The lowest BCUT2D eigenvalue weighted by atomic mass is 10.00. The van der Waals surface area contributed by atoms with E-state index in [1.165, 1.54) is 6.42 Å². The molecular weight excluding hydrogens is 328 g/mol. The van der Waals surface area contributed by atoms with Crippen LogP contribution < -0.4 is 5.32 Å². The molecule has 1 saturated heterocycles. The van der Waals surface area contributed by atoms with Gasteiger partial charge in [-0.25, -0.2) is 0 Å². The van der Waals surface area contributed by atoms with Gasteiger partial charge in [0.15, 0.2) is 0 Å². The van der Waals surface area contributed by atoms with Crippen molar-refractivity contribution in [2.24, 2.45) is 0 Å². The van der Waals surface area contributed by atoms with Gasteiger partial charge < -0.3 is 5.32 Å². The van der Waals surface area contributed by atoms with Gasteiger partial charge in [-0.1, -0.05) is 41.4 Å². The number of amides is 1. The fourth-order valence-corrected chi connectivity index (χ4v) is 3.43. The van der Waals surface area contributed by atoms with E-state index in [0.717, 1.165) is 42.4 Å². The van der Waals surface area contributed by atoms with Crippen LogP contribution in [0.2, 0.25) is 0 Å². The molecule has 1 amide bonds. The molecule has 1 heterocycles. The van der Waals surface area contributed by atoms with Crippen LogP contribution in [0.1, 0.15) is 51.1 Å². The normalized spacial score (nSPS) is 21.0. The van der Waals surface area contributed by atoms with Gasteiger partial charge in [0.05, 0.1) is 12.1 Å². The van der Waals surface area contributed by atoms with E-state index >= 15 is 0 Å². The minimum Gasteiger partial charge on any atom is -0.348 e. The lowest BCUT2D eigenvalue weighted by molar-refractivity contribution is -0.128. The van der Waals surface area contributed by atoms with Gasteiger partial charge in [0, 0.05) is 4.47 Å². The fraction of sp³-hybridized carbons (Fsp3) is 0.588. The Morgan fingerprint density at radius 3 is 3.00 bits per heavy atom. The van der Waals surface area contributed by atoms with Crippen LogP contribution in [-0.2, 0) is 4.79 Å². The smallest absolute Gasteiger partial charge is 0.237 e. The maximum absolute atomic E-state index is 12.6. The summed E-state index contributed by atoms with van der Waals surface area (Å²) in [6, 6.07) is 8.22. The number of rotatable bonds is 5. The van der Waals surface area contributed by atoms with Gasteiger partial charge in [-0.05, 0) is 57.0 Å². The molecular formula is C17H25BrN2O. The minimum absolute atomic E-state index is 0.0420. The Bertz CT molecular complexity index is 476. The van der Waals surface area contributed by atoms with Crippen LogP contribution in [0.15, 0.2) is 28.7 Å². The second-order valence-corrected chi connectivity index (χ2v) is 6.75. The molecule has 2 atom stereocenters. The number of nitrogens with one attached hydrogen (secondary N) is 1. The molecule has 1 fully saturated rings. The van der Waals surface area contributed by atoms with E-state index in [0.29, 0.717) is 0 Å². The topological polar surface area (TPSA) is 32.3 Å². The molecule has 1 aliphatic rings. The third-order valence-corrected chi connectivity index (χ3v) is 4.63. The summed E-state index contributed by atoms with van der Waals surface area (Å²) in [4.78, 5) is 14.9. The van der Waals surface area contributed by atoms with Crippen molar-refractivity contribution >= 4 is 21.8 Å². The largest absolute Gasteiger partial charge is 0.348 e. The highest BCUT2D eigenvalue weighted by molar-refractivity contribution is 9.10. The third-order valence-electron chi connectivity index (χ3n) is 4.13. The first kappa shape index (κ1) is 16.5. The maximum Gasteiger partial charge on any atom is 0.237 e. The number of halogens is 1. The van der Waals surface area contributed by atoms with Gasteiger partial charge in [-0.15, -0.1) is 0 Å². The molecule has 1 aromatic carbocycles. The van der Waals surface area contributed by atoms with E-state index in [9.17, 15) is 4.79 Å². The molecule has 4 heteroatoms. The zero-order valence-electron chi connectivity index (χ0n) is 12.9. The van der Waals surface area contributed by atoms with E-state index in [2.05, 4.69) is 45.2 Å². The molecule has 0 bridgehead atoms. The number of hydrogen-bond acceptors (Lipinski definition) is 2. The monoisotopic (exact) mass is 352 g/mol. The summed E-state index contributed by atoms with van der Waals surface area (Å²) in [6.45, 7) is 6.29. The zero-order chi connectivity index (χ0) is 15.2. The fourth-order valence-electron chi connectivity index (χ4n) is 3.01. The highest BCUT2D eigenvalue weighted by Crippen LogP contribution is 2.21. The molecule has 3 nitrogen and oxygen atoms in total. The van der Waals surface area contributed by atoms with Crippen molar-refractivity contribution in [1.82, 2.24) is 10.2 Å². The summed E-state index contributed by atoms with van der Waals surface area (Å²) in [6.07, 6.45) is 4.45. The molecule has 0 saturated carbocycles. The van der Waals surface area contributed by atoms with E-state index in [1.54, 1.807) is 0 Å². The summed E-state index contributed by atoms with van der Waals surface area (Å²) in [5.41, 5.74) is 1.13. The average Bonchev–Trinajstić information content (AvgIpc) is 2.48. The Kier molecular flexibility index (Phi) is 6.24. The van der Waals surface area contributed by atoms with Crippen molar-refractivity contribution in [3.63, 3.8) is 0 Å². The number of benzene rings is 1. The van der Waals surface area contributed by atoms with E-state index in [1.807, 2.05) is 19.1 Å². The summed E-state index contributed by atoms with van der Waals surface area (Å²) in [7, 11) is 0. The molecule has 0 radical (unpaired) electrons. The van der Waals surface area contributed by atoms with Crippen molar-refractivity contribution in [3.05, 3.63) is 34.3 Å². The first-order valence-corrected chi connectivity index (χ1v) is 8.71. The number of likely N-dealkylation sites (tertiary alicyclic amines) is 1. The summed E-state index contributed by atoms with van der Waals surface area (Å²) in [5, 5.41) is 3.18. The van der Waals surface area contributed by atoms with Gasteiger partial charge >= 0.3 is 0 Å². The predicted octanol–water partition coefficient (Wildman–Crippen LogP) is 3.89. The van der Waals surface area contributed by atoms with Gasteiger partial charge in [-0.3, -0.25) is 9.69 Å². The number of carbonyl (C=O) groups is 1. The third kappa shape index (κ3) is 4.55. The number of carbonyl (C=O) groups excluding carboxylic acids is 1. The van der Waals surface area contributed by atoms with Crippen LogP contribution in [0.25, 0.3) is 0 Å². The van der Waals surface area contributed by atoms with Gasteiger partial charge in [-0.2, -0.15) is 0 Å². The molecule has 1 N–H and O–H groups in total. The first-order chi connectivity index (χ1) is 10.1. The summed E-state index contributed by atoms with van der Waals surface area (Å²) >= 11 is 3.48. The lowest BCUT2D eigenvalue weighted by Crippen LogP contribution is -2.50. The Morgan fingerprint density at radius 2 is 2.29 bits per heavy atom. The molecule has 2 unspecified atom stereocenters. The number of hydrogen-bond donors (Lipinski definition) is 1. The molecule has 0 aromatic heterocycles. The predicted molar refractivity (Wildman–Crippen MR) is 90.2 cm³/mol. The first-order valence-electron chi connectivity index (χ1n) is 7.91. The summed E-state index contributed by atoms with van der Waals surface area (Å²) in [5.74, 6) is 0.177. The van der Waals surface area contributed by atoms with Crippen molar-refractivity contribution in [1.29, 1.82) is 0 Å². The van der Waals surface area contributed by atoms with Crippen molar-refractivity contribution in [2.75, 3.05) is 13.1 Å². The molecule has 0 spiro atoms. The standard InChI is InChI=1S/C17H25BrN2O/c1-3-10-20-11-5-4-9-16(20)17(21)19-13(2)14-7-6-8-15(18)12-14/h6-8,12-13,16H,3-5,9-11H2,1-2H3,(H,19,21). The Hall–Kier alpha value is -0.870. The number of piperidine rings is 1. The highest BCUT2D eigenvalue weighted by Gasteiger charge is 2.28. The Morgan fingerprint density at radius 1 is 1.48 bits per heavy atom. The molecule has 1 aliphatic heterocycles. The van der Waals surface area contributed by atoms with E-state index in [-0.39, 0.29) is 18.0 Å². The lowest BCUT2D eigenvalue weighted by Gasteiger charge is -2.35. The van der Waals surface area contributed by atoms with Gasteiger partial charge in [0.2, 0.25) is 5.91 Å². The Balaban J connectivity index is 1.99. The second-order valence-electron chi connectivity index (χ2n) is 5.83. The second kappa shape index (κ2) is 7.95. The highest BCUT2D eigenvalue weighted by atomic mass is 79.9. The quantitative estimate of drug-likeness (QED) is 0.871. The molecule has 21 heavy (non-hydrogen) atoms. The molecule has 116 valence electrons. The maximum atomic E-state index is 12.6.